The number of nitrogens with two attached hydrogens (primary N) is 1. The van der Waals surface area contributed by atoms with E-state index in [2.05, 4.69) is 4.72 Å². The summed E-state index contributed by atoms with van der Waals surface area (Å²) in [5, 5.41) is 0. The molecule has 0 spiro atoms. The number of hydrogen-bond acceptors (Lipinski definition) is 4. The van der Waals surface area contributed by atoms with Gasteiger partial charge in [-0.2, -0.15) is 0 Å². The van der Waals surface area contributed by atoms with Crippen LogP contribution in [0.5, 0.6) is 0 Å². The van der Waals surface area contributed by atoms with Gasteiger partial charge in [-0.3, -0.25) is 4.21 Å². The predicted molar refractivity (Wildman–Crippen MR) is 74.3 cm³/mol. The lowest BCUT2D eigenvalue weighted by molar-refractivity contribution is 0.582. The molecule has 0 bridgehead atoms. The van der Waals surface area contributed by atoms with Crippen molar-refractivity contribution < 1.29 is 17.0 Å². The average molecular weight is 308 g/mol. The largest absolute Gasteiger partial charge is 0.396 e. The van der Waals surface area contributed by atoms with Crippen LogP contribution in [0.15, 0.2) is 17.0 Å². The van der Waals surface area contributed by atoms with Crippen molar-refractivity contribution >= 4 is 26.5 Å². The normalized spacial score (nSPS) is 13.4. The summed E-state index contributed by atoms with van der Waals surface area (Å²) in [5.74, 6) is 0.0986. The monoisotopic (exact) mass is 308 g/mol. The first kappa shape index (κ1) is 16.1. The Morgan fingerprint density at radius 3 is 2.58 bits per heavy atom. The molecule has 1 atom stereocenters. The van der Waals surface area contributed by atoms with Crippen molar-refractivity contribution in [3.05, 3.63) is 23.5 Å². The highest BCUT2D eigenvalue weighted by molar-refractivity contribution is 7.89. The van der Waals surface area contributed by atoms with Gasteiger partial charge in [0, 0.05) is 28.9 Å². The van der Waals surface area contributed by atoms with Crippen LogP contribution < -0.4 is 10.5 Å². The maximum atomic E-state index is 13.3. The maximum absolute atomic E-state index is 13.3. The van der Waals surface area contributed by atoms with Gasteiger partial charge in [-0.15, -0.1) is 0 Å². The Bertz CT molecular complexity index is 565. The van der Waals surface area contributed by atoms with E-state index in [-0.39, 0.29) is 28.4 Å². The molecular weight excluding hydrogens is 291 g/mol. The van der Waals surface area contributed by atoms with Gasteiger partial charge in [0.15, 0.2) is 0 Å². The van der Waals surface area contributed by atoms with E-state index in [1.807, 2.05) is 0 Å². The van der Waals surface area contributed by atoms with E-state index in [0.717, 1.165) is 6.07 Å². The van der Waals surface area contributed by atoms with Crippen LogP contribution in [0.3, 0.4) is 0 Å². The van der Waals surface area contributed by atoms with Crippen molar-refractivity contribution in [1.29, 1.82) is 0 Å². The molecule has 108 valence electrons. The summed E-state index contributed by atoms with van der Waals surface area (Å²) in [6.45, 7) is 3.27. The topological polar surface area (TPSA) is 89.3 Å². The Morgan fingerprint density at radius 2 is 2.05 bits per heavy atom. The van der Waals surface area contributed by atoms with Crippen molar-refractivity contribution in [2.45, 2.75) is 18.7 Å². The lowest BCUT2D eigenvalue weighted by atomic mass is 10.2. The zero-order chi connectivity index (χ0) is 14.6. The number of hydrogen-bond donors (Lipinski definition) is 2. The minimum atomic E-state index is -3.76. The van der Waals surface area contributed by atoms with Crippen LogP contribution in [0, 0.1) is 12.7 Å². The Morgan fingerprint density at radius 1 is 1.42 bits per heavy atom. The highest BCUT2D eigenvalue weighted by atomic mass is 32.2. The summed E-state index contributed by atoms with van der Waals surface area (Å²) in [6.07, 6.45) is 0. The molecule has 0 saturated carbocycles. The molecule has 1 aromatic carbocycles. The van der Waals surface area contributed by atoms with Crippen molar-refractivity contribution in [2.75, 3.05) is 23.8 Å². The van der Waals surface area contributed by atoms with Crippen LogP contribution in [0.1, 0.15) is 12.5 Å². The van der Waals surface area contributed by atoms with E-state index in [1.54, 1.807) is 6.92 Å². The van der Waals surface area contributed by atoms with E-state index < -0.39 is 26.6 Å². The smallest absolute Gasteiger partial charge is 0.240 e. The van der Waals surface area contributed by atoms with Gasteiger partial charge in [0.25, 0.3) is 0 Å². The molecule has 8 heteroatoms. The predicted octanol–water partition coefficient (Wildman–Crippen LogP) is 0.763. The highest BCUT2D eigenvalue weighted by Crippen LogP contribution is 2.20. The van der Waals surface area contributed by atoms with E-state index in [9.17, 15) is 17.0 Å². The van der Waals surface area contributed by atoms with E-state index in [4.69, 9.17) is 5.73 Å². The van der Waals surface area contributed by atoms with Gasteiger partial charge in [0.2, 0.25) is 10.0 Å². The molecule has 3 N–H and O–H groups in total. The zero-order valence-electron chi connectivity index (χ0n) is 10.8. The molecule has 0 aliphatic heterocycles. The lowest BCUT2D eigenvalue weighted by Gasteiger charge is -2.09. The van der Waals surface area contributed by atoms with Crippen LogP contribution >= 0.6 is 0 Å². The number of benzene rings is 1. The van der Waals surface area contributed by atoms with Crippen LogP contribution in [0.25, 0.3) is 0 Å². The van der Waals surface area contributed by atoms with Gasteiger partial charge in [0.1, 0.15) is 5.82 Å². The third-order valence-corrected chi connectivity index (χ3v) is 5.25. The Hall–Kier alpha value is -0.990. The van der Waals surface area contributed by atoms with E-state index in [1.165, 1.54) is 13.0 Å². The first-order valence-electron chi connectivity index (χ1n) is 5.68. The van der Waals surface area contributed by atoms with Crippen molar-refractivity contribution in [2.24, 2.45) is 0 Å². The molecule has 1 rings (SSSR count). The third-order valence-electron chi connectivity index (χ3n) is 2.51. The standard InChI is InChI=1S/C11H17FN2O3S2/c1-3-18(15)5-4-14-19(16,17)9-6-8(2)11(12)10(13)7-9/h6-7,14H,3-5,13H2,1-2H3. The molecular formula is C11H17FN2O3S2. The first-order valence-corrected chi connectivity index (χ1v) is 8.65. The molecule has 19 heavy (non-hydrogen) atoms. The molecule has 0 saturated heterocycles. The van der Waals surface area contributed by atoms with Crippen LogP contribution in [0.2, 0.25) is 0 Å². The summed E-state index contributed by atoms with van der Waals surface area (Å²) in [5.41, 5.74) is 5.35. The molecule has 1 aromatic rings. The number of rotatable bonds is 6. The summed E-state index contributed by atoms with van der Waals surface area (Å²) in [4.78, 5) is -0.0915. The van der Waals surface area contributed by atoms with Gasteiger partial charge in [0.05, 0.1) is 10.6 Å². The lowest BCUT2D eigenvalue weighted by Crippen LogP contribution is -2.28. The first-order chi connectivity index (χ1) is 8.77. The van der Waals surface area contributed by atoms with Gasteiger partial charge >= 0.3 is 0 Å². The third kappa shape index (κ3) is 4.26. The number of sulfonamides is 1. The molecule has 0 aromatic heterocycles. The number of halogens is 1. The summed E-state index contributed by atoms with van der Waals surface area (Å²) < 4.78 is 50.7. The second-order valence-corrected chi connectivity index (χ2v) is 7.61. The molecule has 0 heterocycles. The second kappa shape index (κ2) is 6.44. The van der Waals surface area contributed by atoms with Crippen LogP contribution in [-0.4, -0.2) is 30.7 Å². The average Bonchev–Trinajstić information content (AvgIpc) is 2.34. The summed E-state index contributed by atoms with van der Waals surface area (Å²) in [7, 11) is -4.80. The number of nitrogens with one attached hydrogen (secondary N) is 1. The number of anilines is 1. The van der Waals surface area contributed by atoms with Crippen LogP contribution in [-0.2, 0) is 20.8 Å². The van der Waals surface area contributed by atoms with Gasteiger partial charge in [-0.05, 0) is 24.6 Å². The van der Waals surface area contributed by atoms with Crippen LogP contribution in [0.4, 0.5) is 10.1 Å². The minimum absolute atomic E-state index is 0.0686. The number of nitrogen functional groups attached to an aromatic ring is 1. The highest BCUT2D eigenvalue weighted by Gasteiger charge is 2.17. The fourth-order valence-electron chi connectivity index (χ4n) is 1.44. The SMILES string of the molecule is CCS(=O)CCNS(=O)(=O)c1cc(C)c(F)c(N)c1. The summed E-state index contributed by atoms with van der Waals surface area (Å²) >= 11 is 0. The van der Waals surface area contributed by atoms with Crippen molar-refractivity contribution in [3.8, 4) is 0 Å². The Labute approximate surface area is 114 Å². The van der Waals surface area contributed by atoms with E-state index >= 15 is 0 Å². The molecule has 0 fully saturated rings. The Kier molecular flexibility index (Phi) is 5.45. The zero-order valence-corrected chi connectivity index (χ0v) is 12.4. The Balaban J connectivity index is 2.86. The molecule has 0 radical (unpaired) electrons. The van der Waals surface area contributed by atoms with Gasteiger partial charge in [-0.25, -0.2) is 17.5 Å². The fraction of sp³-hybridized carbons (Fsp3) is 0.455. The molecule has 0 aliphatic rings. The summed E-state index contributed by atoms with van der Waals surface area (Å²) in [6, 6.07) is 2.28. The minimum Gasteiger partial charge on any atom is -0.396 e. The second-order valence-electron chi connectivity index (χ2n) is 3.97. The molecule has 5 nitrogen and oxygen atoms in total. The van der Waals surface area contributed by atoms with Crippen molar-refractivity contribution in [3.63, 3.8) is 0 Å². The molecule has 0 amide bonds. The molecule has 1 unspecified atom stereocenters. The van der Waals surface area contributed by atoms with E-state index in [0.29, 0.717) is 5.75 Å². The maximum Gasteiger partial charge on any atom is 0.240 e. The number of aryl methyl sites for hydroxylation is 1. The quantitative estimate of drug-likeness (QED) is 0.759. The van der Waals surface area contributed by atoms with Gasteiger partial charge < -0.3 is 5.73 Å². The van der Waals surface area contributed by atoms with Crippen molar-refractivity contribution in [1.82, 2.24) is 4.72 Å². The fourth-order valence-corrected chi connectivity index (χ4v) is 3.33. The molecule has 0 aliphatic carbocycles. The van der Waals surface area contributed by atoms with Gasteiger partial charge in [-0.1, -0.05) is 6.92 Å².